The normalized spacial score (nSPS) is 13.9. The number of anilines is 2. The third-order valence-corrected chi connectivity index (χ3v) is 6.48. The molecule has 1 aliphatic heterocycles. The van der Waals surface area contributed by atoms with Gasteiger partial charge in [0.25, 0.3) is 10.0 Å². The van der Waals surface area contributed by atoms with E-state index < -0.39 is 10.0 Å². The van der Waals surface area contributed by atoms with E-state index in [9.17, 15) is 18.0 Å². The Balaban J connectivity index is 1.67. The number of ether oxygens (including phenoxy) is 1. The average molecular weight is 446 g/mol. The number of likely N-dealkylation sites (tertiary alicyclic amines) is 1. The van der Waals surface area contributed by atoms with Crippen LogP contribution < -0.4 is 14.8 Å². The summed E-state index contributed by atoms with van der Waals surface area (Å²) in [4.78, 5) is 25.7. The molecule has 0 aromatic heterocycles. The van der Waals surface area contributed by atoms with Crippen LogP contribution in [0.3, 0.4) is 0 Å². The van der Waals surface area contributed by atoms with Crippen molar-refractivity contribution >= 4 is 33.2 Å². The highest BCUT2D eigenvalue weighted by Crippen LogP contribution is 2.24. The molecule has 2 amide bonds. The predicted octanol–water partition coefficient (Wildman–Crippen LogP) is 3.15. The van der Waals surface area contributed by atoms with E-state index in [0.717, 1.165) is 6.42 Å². The number of amides is 2. The first-order chi connectivity index (χ1) is 14.8. The van der Waals surface area contributed by atoms with E-state index in [4.69, 9.17) is 4.74 Å². The van der Waals surface area contributed by atoms with E-state index in [1.165, 1.54) is 6.07 Å². The van der Waals surface area contributed by atoms with E-state index >= 15 is 0 Å². The fourth-order valence-corrected chi connectivity index (χ4v) is 4.69. The maximum absolute atomic E-state index is 12.9. The number of rotatable bonds is 9. The molecule has 8 nitrogen and oxygen atoms in total. The Morgan fingerprint density at radius 3 is 2.48 bits per heavy atom. The highest BCUT2D eigenvalue weighted by Gasteiger charge is 2.21. The zero-order valence-electron chi connectivity index (χ0n) is 17.7. The van der Waals surface area contributed by atoms with Crippen molar-refractivity contribution in [3.05, 3.63) is 48.0 Å². The molecule has 1 saturated heterocycles. The van der Waals surface area contributed by atoms with E-state index in [1.807, 2.05) is 6.92 Å². The van der Waals surface area contributed by atoms with E-state index in [0.29, 0.717) is 48.8 Å². The summed E-state index contributed by atoms with van der Waals surface area (Å²) in [6.45, 7) is 5.13. The zero-order valence-corrected chi connectivity index (χ0v) is 18.5. The van der Waals surface area contributed by atoms with Gasteiger partial charge in [0.15, 0.2) is 0 Å². The van der Waals surface area contributed by atoms with Crippen LogP contribution in [0.4, 0.5) is 11.4 Å². The molecule has 0 bridgehead atoms. The first-order valence-electron chi connectivity index (χ1n) is 10.2. The lowest BCUT2D eigenvalue weighted by molar-refractivity contribution is -0.128. The second-order valence-corrected chi connectivity index (χ2v) is 8.98. The van der Waals surface area contributed by atoms with Crippen molar-refractivity contribution in [1.29, 1.82) is 0 Å². The number of benzene rings is 2. The Morgan fingerprint density at radius 1 is 1.13 bits per heavy atom. The molecule has 2 N–H and O–H groups in total. The van der Waals surface area contributed by atoms with Gasteiger partial charge in [-0.25, -0.2) is 8.42 Å². The standard InChI is InChI=1S/C22H27N3O5S/c1-3-30-19-10-8-17(9-11-19)24-31(28,29)20-15-18(7-6-16(20)2)23-21(26)12-14-25-13-4-5-22(25)27/h6-11,15,24H,3-5,12-14H2,1-2H3,(H,23,26). The molecule has 1 aliphatic rings. The lowest BCUT2D eigenvalue weighted by Crippen LogP contribution is -2.28. The van der Waals surface area contributed by atoms with Crippen LogP contribution >= 0.6 is 0 Å². The van der Waals surface area contributed by atoms with Crippen molar-refractivity contribution in [2.75, 3.05) is 29.7 Å². The summed E-state index contributed by atoms with van der Waals surface area (Å²) >= 11 is 0. The molecule has 9 heteroatoms. The number of aryl methyl sites for hydroxylation is 1. The smallest absolute Gasteiger partial charge is 0.262 e. The van der Waals surface area contributed by atoms with Gasteiger partial charge in [0.1, 0.15) is 5.75 Å². The van der Waals surface area contributed by atoms with E-state index in [2.05, 4.69) is 10.0 Å². The Bertz CT molecular complexity index is 1050. The van der Waals surface area contributed by atoms with Gasteiger partial charge in [-0.3, -0.25) is 14.3 Å². The first-order valence-corrected chi connectivity index (χ1v) is 11.7. The molecular weight excluding hydrogens is 418 g/mol. The second-order valence-electron chi connectivity index (χ2n) is 7.33. The lowest BCUT2D eigenvalue weighted by Gasteiger charge is -2.16. The minimum atomic E-state index is -3.86. The van der Waals surface area contributed by atoms with Crippen LogP contribution in [-0.4, -0.2) is 44.8 Å². The van der Waals surface area contributed by atoms with Crippen molar-refractivity contribution < 1.29 is 22.7 Å². The van der Waals surface area contributed by atoms with Gasteiger partial charge < -0.3 is 15.0 Å². The van der Waals surface area contributed by atoms with Crippen molar-refractivity contribution in [2.45, 2.75) is 38.0 Å². The van der Waals surface area contributed by atoms with E-state index in [1.54, 1.807) is 48.2 Å². The summed E-state index contributed by atoms with van der Waals surface area (Å²) in [5.41, 5.74) is 1.35. The summed E-state index contributed by atoms with van der Waals surface area (Å²) < 4.78 is 33.7. The lowest BCUT2D eigenvalue weighted by atomic mass is 10.2. The van der Waals surface area contributed by atoms with Crippen molar-refractivity contribution in [3.8, 4) is 5.75 Å². The van der Waals surface area contributed by atoms with Crippen molar-refractivity contribution in [1.82, 2.24) is 4.90 Å². The molecule has 0 radical (unpaired) electrons. The monoisotopic (exact) mass is 445 g/mol. The fourth-order valence-electron chi connectivity index (χ4n) is 3.36. The molecule has 2 aromatic rings. The number of carbonyl (C=O) groups excluding carboxylic acids is 2. The van der Waals surface area contributed by atoms with Crippen LogP contribution in [0.1, 0.15) is 31.7 Å². The van der Waals surface area contributed by atoms with Gasteiger partial charge >= 0.3 is 0 Å². The van der Waals surface area contributed by atoms with Gasteiger partial charge in [-0.05, 0) is 62.2 Å². The van der Waals surface area contributed by atoms with Gasteiger partial charge in [0, 0.05) is 37.3 Å². The summed E-state index contributed by atoms with van der Waals surface area (Å²) in [6, 6.07) is 11.4. The topological polar surface area (TPSA) is 105 Å². The number of hydrogen-bond acceptors (Lipinski definition) is 5. The number of sulfonamides is 1. The SMILES string of the molecule is CCOc1ccc(NS(=O)(=O)c2cc(NC(=O)CCN3CCCC3=O)ccc2C)cc1. The number of carbonyl (C=O) groups is 2. The van der Waals surface area contributed by atoms with Crippen LogP contribution in [0.15, 0.2) is 47.4 Å². The molecule has 0 unspecified atom stereocenters. The number of nitrogens with one attached hydrogen (secondary N) is 2. The summed E-state index contributed by atoms with van der Waals surface area (Å²) in [7, 11) is -3.86. The van der Waals surface area contributed by atoms with Crippen molar-refractivity contribution in [3.63, 3.8) is 0 Å². The van der Waals surface area contributed by atoms with Crippen LogP contribution in [0.2, 0.25) is 0 Å². The van der Waals surface area contributed by atoms with Crippen molar-refractivity contribution in [2.24, 2.45) is 0 Å². The Hall–Kier alpha value is -3.07. The quantitative estimate of drug-likeness (QED) is 0.617. The van der Waals surface area contributed by atoms with Crippen LogP contribution in [0.5, 0.6) is 5.75 Å². The molecular formula is C22H27N3O5S. The van der Waals surface area contributed by atoms with Gasteiger partial charge in [0.05, 0.1) is 11.5 Å². The second kappa shape index (κ2) is 9.82. The van der Waals surface area contributed by atoms with Gasteiger partial charge in [-0.15, -0.1) is 0 Å². The molecule has 0 saturated carbocycles. The molecule has 166 valence electrons. The Morgan fingerprint density at radius 2 is 1.84 bits per heavy atom. The molecule has 1 heterocycles. The van der Waals surface area contributed by atoms with Gasteiger partial charge in [-0.2, -0.15) is 0 Å². The Labute approximate surface area is 182 Å². The third-order valence-electron chi connectivity index (χ3n) is 4.96. The molecule has 0 atom stereocenters. The minimum absolute atomic E-state index is 0.0666. The highest BCUT2D eigenvalue weighted by molar-refractivity contribution is 7.92. The molecule has 0 spiro atoms. The molecule has 1 fully saturated rings. The van der Waals surface area contributed by atoms with Crippen LogP contribution in [0, 0.1) is 6.92 Å². The van der Waals surface area contributed by atoms with E-state index in [-0.39, 0.29) is 23.1 Å². The summed E-state index contributed by atoms with van der Waals surface area (Å²) in [5, 5.41) is 2.72. The molecule has 3 rings (SSSR count). The minimum Gasteiger partial charge on any atom is -0.494 e. The maximum Gasteiger partial charge on any atom is 0.262 e. The molecule has 31 heavy (non-hydrogen) atoms. The molecule has 0 aliphatic carbocycles. The number of nitrogens with zero attached hydrogens (tertiary/aromatic N) is 1. The largest absolute Gasteiger partial charge is 0.494 e. The van der Waals surface area contributed by atoms with Crippen LogP contribution in [-0.2, 0) is 19.6 Å². The predicted molar refractivity (Wildman–Crippen MR) is 119 cm³/mol. The van der Waals surface area contributed by atoms with Gasteiger partial charge in [0.2, 0.25) is 11.8 Å². The first kappa shape index (κ1) is 22.6. The van der Waals surface area contributed by atoms with Gasteiger partial charge in [-0.1, -0.05) is 6.07 Å². The number of hydrogen-bond donors (Lipinski definition) is 2. The average Bonchev–Trinajstić information content (AvgIpc) is 3.14. The fraction of sp³-hybridized carbons (Fsp3) is 0.364. The summed E-state index contributed by atoms with van der Waals surface area (Å²) in [5.74, 6) is 0.449. The summed E-state index contributed by atoms with van der Waals surface area (Å²) in [6.07, 6.45) is 1.51. The maximum atomic E-state index is 12.9. The zero-order chi connectivity index (χ0) is 22.4. The molecule has 2 aromatic carbocycles. The highest BCUT2D eigenvalue weighted by atomic mass is 32.2. The third kappa shape index (κ3) is 5.97. The van der Waals surface area contributed by atoms with Crippen LogP contribution in [0.25, 0.3) is 0 Å². The Kier molecular flexibility index (Phi) is 7.17.